The fourth-order valence-corrected chi connectivity index (χ4v) is 3.96. The number of hydrogen-bond donors (Lipinski definition) is 0. The Morgan fingerprint density at radius 1 is 1.20 bits per heavy atom. The van der Waals surface area contributed by atoms with Gasteiger partial charge >= 0.3 is 0 Å². The summed E-state index contributed by atoms with van der Waals surface area (Å²) >= 11 is 6.12. The van der Waals surface area contributed by atoms with Crippen molar-refractivity contribution in [2.75, 3.05) is 6.54 Å². The summed E-state index contributed by atoms with van der Waals surface area (Å²) in [7, 11) is 0. The molecule has 0 N–H and O–H groups in total. The van der Waals surface area contributed by atoms with Crippen molar-refractivity contribution < 1.29 is 4.79 Å². The smallest absolute Gasteiger partial charge is 0.255 e. The third-order valence-electron chi connectivity index (χ3n) is 4.76. The van der Waals surface area contributed by atoms with Crippen LogP contribution in [0.5, 0.6) is 0 Å². The topological polar surface area (TPSA) is 33.2 Å². The molecule has 3 nitrogen and oxygen atoms in total. The molecule has 1 aromatic heterocycles. The molecule has 1 aromatic rings. The molecule has 0 spiro atoms. The average Bonchev–Trinajstić information content (AvgIpc) is 2.97. The molecule has 0 bridgehead atoms. The maximum Gasteiger partial charge on any atom is 0.255 e. The molecule has 1 unspecified atom stereocenters. The van der Waals surface area contributed by atoms with Crippen LogP contribution in [0.1, 0.15) is 55.3 Å². The minimum absolute atomic E-state index is 0.0884. The number of halogens is 1. The van der Waals surface area contributed by atoms with E-state index in [4.69, 9.17) is 11.6 Å². The largest absolute Gasteiger partial charge is 0.335 e. The quantitative estimate of drug-likeness (QED) is 0.828. The van der Waals surface area contributed by atoms with Crippen LogP contribution in [0.4, 0.5) is 0 Å². The van der Waals surface area contributed by atoms with Gasteiger partial charge in [0.05, 0.1) is 10.6 Å². The van der Waals surface area contributed by atoms with Crippen LogP contribution >= 0.6 is 11.6 Å². The second-order valence-electron chi connectivity index (χ2n) is 5.96. The summed E-state index contributed by atoms with van der Waals surface area (Å²) in [6.07, 6.45) is 12.0. The van der Waals surface area contributed by atoms with E-state index in [1.54, 1.807) is 18.5 Å². The van der Waals surface area contributed by atoms with E-state index in [-0.39, 0.29) is 5.91 Å². The molecular formula is C16H21ClN2O. The highest BCUT2D eigenvalue weighted by molar-refractivity contribution is 6.33. The lowest BCUT2D eigenvalue weighted by atomic mass is 9.83. The molecule has 20 heavy (non-hydrogen) atoms. The highest BCUT2D eigenvalue weighted by Gasteiger charge is 2.35. The van der Waals surface area contributed by atoms with Gasteiger partial charge in [0.2, 0.25) is 0 Å². The lowest BCUT2D eigenvalue weighted by molar-refractivity contribution is 0.0661. The first-order chi connectivity index (χ1) is 9.77. The van der Waals surface area contributed by atoms with Crippen LogP contribution in [0.2, 0.25) is 5.02 Å². The van der Waals surface area contributed by atoms with E-state index < -0.39 is 0 Å². The van der Waals surface area contributed by atoms with Crippen molar-refractivity contribution in [2.45, 2.75) is 51.0 Å². The fraction of sp³-hybridized carbons (Fsp3) is 0.625. The van der Waals surface area contributed by atoms with Crippen LogP contribution < -0.4 is 0 Å². The molecule has 108 valence electrons. The van der Waals surface area contributed by atoms with Gasteiger partial charge in [-0.2, -0.15) is 0 Å². The number of hydrogen-bond acceptors (Lipinski definition) is 2. The number of rotatable bonds is 2. The Morgan fingerprint density at radius 3 is 2.75 bits per heavy atom. The van der Waals surface area contributed by atoms with Crippen molar-refractivity contribution in [1.29, 1.82) is 0 Å². The SMILES string of the molecule is O=C(c1ccncc1Cl)N1CCCC1C1CCCCC1. The Bertz CT molecular complexity index is 485. The number of aromatic nitrogens is 1. The zero-order valence-corrected chi connectivity index (χ0v) is 12.5. The average molecular weight is 293 g/mol. The van der Waals surface area contributed by atoms with Crippen LogP contribution in [0.3, 0.4) is 0 Å². The standard InChI is InChI=1S/C16H21ClN2O/c17-14-11-18-9-8-13(14)16(20)19-10-4-7-15(19)12-5-2-1-3-6-12/h8-9,11-12,15H,1-7,10H2. The molecule has 2 aliphatic rings. The van der Waals surface area contributed by atoms with Crippen molar-refractivity contribution >= 4 is 17.5 Å². The summed E-state index contributed by atoms with van der Waals surface area (Å²) in [5.74, 6) is 0.779. The summed E-state index contributed by atoms with van der Waals surface area (Å²) in [6, 6.07) is 2.16. The Labute approximate surface area is 125 Å². The second kappa shape index (κ2) is 6.13. The van der Waals surface area contributed by atoms with Gasteiger partial charge < -0.3 is 4.90 Å². The molecule has 2 heterocycles. The predicted octanol–water partition coefficient (Wildman–Crippen LogP) is 3.92. The molecule has 1 amide bonds. The Morgan fingerprint density at radius 2 is 2.00 bits per heavy atom. The van der Waals surface area contributed by atoms with E-state index in [1.807, 2.05) is 0 Å². The van der Waals surface area contributed by atoms with Gasteiger partial charge in [-0.1, -0.05) is 30.9 Å². The molecule has 3 rings (SSSR count). The van der Waals surface area contributed by atoms with Gasteiger partial charge in [-0.25, -0.2) is 0 Å². The first-order valence-corrected chi connectivity index (χ1v) is 8.05. The van der Waals surface area contributed by atoms with Crippen LogP contribution in [0.15, 0.2) is 18.5 Å². The summed E-state index contributed by atoms with van der Waals surface area (Å²) in [4.78, 5) is 18.8. The number of amides is 1. The lowest BCUT2D eigenvalue weighted by Crippen LogP contribution is -2.40. The van der Waals surface area contributed by atoms with Crippen LogP contribution in [-0.2, 0) is 0 Å². The first kappa shape index (κ1) is 13.9. The number of carbonyl (C=O) groups excluding carboxylic acids is 1. The zero-order valence-electron chi connectivity index (χ0n) is 11.7. The summed E-state index contributed by atoms with van der Waals surface area (Å²) in [5, 5.41) is 0.465. The van der Waals surface area contributed by atoms with Crippen molar-refractivity contribution in [3.05, 3.63) is 29.0 Å². The van der Waals surface area contributed by atoms with Crippen molar-refractivity contribution in [3.63, 3.8) is 0 Å². The summed E-state index contributed by atoms with van der Waals surface area (Å²) < 4.78 is 0. The minimum Gasteiger partial charge on any atom is -0.335 e. The van der Waals surface area contributed by atoms with Gasteiger partial charge in [0, 0.05) is 25.0 Å². The Hall–Kier alpha value is -1.09. The second-order valence-corrected chi connectivity index (χ2v) is 6.37. The number of pyridine rings is 1. The Balaban J connectivity index is 1.78. The maximum atomic E-state index is 12.7. The van der Waals surface area contributed by atoms with E-state index in [9.17, 15) is 4.79 Å². The van der Waals surface area contributed by atoms with Gasteiger partial charge in [0.15, 0.2) is 0 Å². The van der Waals surface area contributed by atoms with Gasteiger partial charge in [0.1, 0.15) is 0 Å². The third kappa shape index (κ3) is 2.69. The maximum absolute atomic E-state index is 12.7. The molecule has 0 aromatic carbocycles. The highest BCUT2D eigenvalue weighted by Crippen LogP contribution is 2.35. The Kier molecular flexibility index (Phi) is 4.25. The lowest BCUT2D eigenvalue weighted by Gasteiger charge is -2.34. The van der Waals surface area contributed by atoms with E-state index in [0.29, 0.717) is 22.5 Å². The third-order valence-corrected chi connectivity index (χ3v) is 5.06. The zero-order chi connectivity index (χ0) is 13.9. The number of nitrogens with zero attached hydrogens (tertiary/aromatic N) is 2. The van der Waals surface area contributed by atoms with E-state index in [0.717, 1.165) is 19.4 Å². The molecule has 1 saturated carbocycles. The van der Waals surface area contributed by atoms with Crippen molar-refractivity contribution in [1.82, 2.24) is 9.88 Å². The van der Waals surface area contributed by atoms with Crippen LogP contribution in [-0.4, -0.2) is 28.4 Å². The summed E-state index contributed by atoms with van der Waals surface area (Å²) in [5.41, 5.74) is 0.601. The fourth-order valence-electron chi connectivity index (χ4n) is 3.76. The number of carbonyl (C=O) groups is 1. The van der Waals surface area contributed by atoms with Gasteiger partial charge in [-0.3, -0.25) is 9.78 Å². The van der Waals surface area contributed by atoms with Crippen LogP contribution in [0.25, 0.3) is 0 Å². The predicted molar refractivity (Wildman–Crippen MR) is 79.9 cm³/mol. The summed E-state index contributed by atoms with van der Waals surface area (Å²) in [6.45, 7) is 0.874. The molecule has 1 atom stereocenters. The molecule has 1 aliphatic heterocycles. The highest BCUT2D eigenvalue weighted by atomic mass is 35.5. The van der Waals surface area contributed by atoms with Gasteiger partial charge in [-0.05, 0) is 37.7 Å². The van der Waals surface area contributed by atoms with Gasteiger partial charge in [0.25, 0.3) is 5.91 Å². The number of likely N-dealkylation sites (tertiary alicyclic amines) is 1. The minimum atomic E-state index is 0.0884. The first-order valence-electron chi connectivity index (χ1n) is 7.68. The molecule has 2 fully saturated rings. The molecule has 4 heteroatoms. The van der Waals surface area contributed by atoms with Crippen molar-refractivity contribution in [2.24, 2.45) is 5.92 Å². The van der Waals surface area contributed by atoms with E-state index in [1.165, 1.54) is 32.1 Å². The normalized spacial score (nSPS) is 24.1. The molecule has 0 radical (unpaired) electrons. The monoisotopic (exact) mass is 292 g/mol. The van der Waals surface area contributed by atoms with Gasteiger partial charge in [-0.15, -0.1) is 0 Å². The molecule has 1 aliphatic carbocycles. The van der Waals surface area contributed by atoms with Crippen LogP contribution in [0, 0.1) is 5.92 Å². The van der Waals surface area contributed by atoms with Crippen molar-refractivity contribution in [3.8, 4) is 0 Å². The molecule has 1 saturated heterocycles. The molecular weight excluding hydrogens is 272 g/mol. The van der Waals surface area contributed by atoms with E-state index >= 15 is 0 Å². The van der Waals surface area contributed by atoms with E-state index in [2.05, 4.69) is 9.88 Å².